The molecule has 1 N–H and O–H groups in total. The van der Waals surface area contributed by atoms with Crippen LogP contribution in [0.1, 0.15) is 30.6 Å². The molecule has 4 nitrogen and oxygen atoms in total. The van der Waals surface area contributed by atoms with Crippen molar-refractivity contribution in [2.24, 2.45) is 5.92 Å². The Balaban J connectivity index is 1.68. The predicted molar refractivity (Wildman–Crippen MR) is 78.5 cm³/mol. The van der Waals surface area contributed by atoms with Crippen molar-refractivity contribution in [1.82, 2.24) is 10.2 Å². The summed E-state index contributed by atoms with van der Waals surface area (Å²) in [5.74, 6) is 0.00316. The summed E-state index contributed by atoms with van der Waals surface area (Å²) in [6, 6.07) is 4.07. The first-order valence-electron chi connectivity index (χ1n) is 7.34. The SMILES string of the molecule is O=C(Cc1cccs1)N(C(=O)C1CCCNC1)C1CC1. The van der Waals surface area contributed by atoms with Gasteiger partial charge in [0.2, 0.25) is 11.8 Å². The summed E-state index contributed by atoms with van der Waals surface area (Å²) in [6.07, 6.45) is 4.24. The number of amides is 2. The van der Waals surface area contributed by atoms with Gasteiger partial charge in [0.05, 0.1) is 12.3 Å². The molecule has 2 amide bonds. The number of piperidine rings is 1. The van der Waals surface area contributed by atoms with Crippen LogP contribution in [0.5, 0.6) is 0 Å². The molecule has 108 valence electrons. The highest BCUT2D eigenvalue weighted by Gasteiger charge is 2.39. The number of carbonyl (C=O) groups is 2. The van der Waals surface area contributed by atoms with Crippen LogP contribution < -0.4 is 5.32 Å². The summed E-state index contributed by atoms with van der Waals surface area (Å²) in [4.78, 5) is 27.7. The molecule has 0 radical (unpaired) electrons. The van der Waals surface area contributed by atoms with Crippen LogP contribution in [0.2, 0.25) is 0 Å². The van der Waals surface area contributed by atoms with Gasteiger partial charge >= 0.3 is 0 Å². The van der Waals surface area contributed by atoms with Crippen molar-refractivity contribution in [3.05, 3.63) is 22.4 Å². The second kappa shape index (κ2) is 6.06. The van der Waals surface area contributed by atoms with E-state index >= 15 is 0 Å². The monoisotopic (exact) mass is 292 g/mol. The lowest BCUT2D eigenvalue weighted by atomic mass is 9.98. The van der Waals surface area contributed by atoms with Crippen molar-refractivity contribution in [1.29, 1.82) is 0 Å². The summed E-state index contributed by atoms with van der Waals surface area (Å²) in [5.41, 5.74) is 0. The fraction of sp³-hybridized carbons (Fsp3) is 0.600. The summed E-state index contributed by atoms with van der Waals surface area (Å²) in [7, 11) is 0. The average molecular weight is 292 g/mol. The fourth-order valence-corrected chi connectivity index (χ4v) is 3.44. The van der Waals surface area contributed by atoms with E-state index in [1.54, 1.807) is 16.2 Å². The number of carbonyl (C=O) groups excluding carboxylic acids is 2. The molecule has 1 aromatic heterocycles. The maximum atomic E-state index is 12.6. The molecule has 1 aliphatic heterocycles. The highest BCUT2D eigenvalue weighted by molar-refractivity contribution is 7.10. The highest BCUT2D eigenvalue weighted by atomic mass is 32.1. The summed E-state index contributed by atoms with van der Waals surface area (Å²) >= 11 is 1.58. The minimum atomic E-state index is -0.0227. The van der Waals surface area contributed by atoms with E-state index in [4.69, 9.17) is 0 Å². The minimum absolute atomic E-state index is 0.0170. The standard InChI is InChI=1S/C15H20N2O2S/c18-14(9-13-4-2-8-20-13)17(12-5-6-12)15(19)11-3-1-7-16-10-11/h2,4,8,11-12,16H,1,3,5-7,9-10H2. The van der Waals surface area contributed by atoms with E-state index in [2.05, 4.69) is 5.32 Å². The third-order valence-corrected chi connectivity index (χ3v) is 4.85. The Bertz CT molecular complexity index is 476. The van der Waals surface area contributed by atoms with Gasteiger partial charge in [-0.15, -0.1) is 11.3 Å². The van der Waals surface area contributed by atoms with Gasteiger partial charge in [-0.05, 0) is 43.7 Å². The molecule has 1 saturated heterocycles. The summed E-state index contributed by atoms with van der Waals surface area (Å²) in [5, 5.41) is 5.23. The topological polar surface area (TPSA) is 49.4 Å². The van der Waals surface area contributed by atoms with Crippen LogP contribution in [-0.4, -0.2) is 35.8 Å². The van der Waals surface area contributed by atoms with Gasteiger partial charge in [-0.25, -0.2) is 0 Å². The molecule has 2 heterocycles. The molecule has 1 unspecified atom stereocenters. The van der Waals surface area contributed by atoms with E-state index in [9.17, 15) is 9.59 Å². The number of nitrogens with zero attached hydrogens (tertiary/aromatic N) is 1. The van der Waals surface area contributed by atoms with Gasteiger partial charge in [0.1, 0.15) is 0 Å². The second-order valence-corrected chi connectivity index (χ2v) is 6.66. The van der Waals surface area contributed by atoms with Crippen LogP contribution in [0.4, 0.5) is 0 Å². The van der Waals surface area contributed by atoms with Crippen molar-refractivity contribution in [2.75, 3.05) is 13.1 Å². The van der Waals surface area contributed by atoms with E-state index in [1.807, 2.05) is 17.5 Å². The normalized spacial score (nSPS) is 22.5. The molecule has 0 aromatic carbocycles. The van der Waals surface area contributed by atoms with Crippen molar-refractivity contribution >= 4 is 23.2 Å². The van der Waals surface area contributed by atoms with Gasteiger partial charge < -0.3 is 5.32 Å². The van der Waals surface area contributed by atoms with Gasteiger partial charge in [-0.3, -0.25) is 14.5 Å². The van der Waals surface area contributed by atoms with E-state index < -0.39 is 0 Å². The maximum absolute atomic E-state index is 12.6. The predicted octanol–water partition coefficient (Wildman–Crippen LogP) is 1.81. The van der Waals surface area contributed by atoms with Gasteiger partial charge in [0.15, 0.2) is 0 Å². The molecule has 1 atom stereocenters. The Hall–Kier alpha value is -1.20. The molecule has 2 fully saturated rings. The molecule has 20 heavy (non-hydrogen) atoms. The van der Waals surface area contributed by atoms with Gasteiger partial charge in [-0.2, -0.15) is 0 Å². The fourth-order valence-electron chi connectivity index (χ4n) is 2.75. The maximum Gasteiger partial charge on any atom is 0.234 e. The van der Waals surface area contributed by atoms with Crippen molar-refractivity contribution < 1.29 is 9.59 Å². The van der Waals surface area contributed by atoms with E-state index in [0.717, 1.165) is 37.1 Å². The number of thiophene rings is 1. The quantitative estimate of drug-likeness (QED) is 0.921. The number of rotatable bonds is 4. The van der Waals surface area contributed by atoms with E-state index in [-0.39, 0.29) is 23.8 Å². The van der Waals surface area contributed by atoms with Crippen molar-refractivity contribution in [2.45, 2.75) is 38.1 Å². The number of hydrogen-bond acceptors (Lipinski definition) is 4. The number of imide groups is 1. The largest absolute Gasteiger partial charge is 0.316 e. The van der Waals surface area contributed by atoms with Crippen LogP contribution in [0.15, 0.2) is 17.5 Å². The second-order valence-electron chi connectivity index (χ2n) is 5.63. The first kappa shape index (κ1) is 13.8. The van der Waals surface area contributed by atoms with E-state index in [0.29, 0.717) is 13.0 Å². The number of hydrogen-bond donors (Lipinski definition) is 1. The molecule has 2 aliphatic rings. The Morgan fingerprint density at radius 2 is 2.20 bits per heavy atom. The van der Waals surface area contributed by atoms with Gasteiger partial charge in [0.25, 0.3) is 0 Å². The molecular weight excluding hydrogens is 272 g/mol. The molecule has 1 aromatic rings. The van der Waals surface area contributed by atoms with Crippen LogP contribution in [-0.2, 0) is 16.0 Å². The molecule has 3 rings (SSSR count). The zero-order chi connectivity index (χ0) is 13.9. The lowest BCUT2D eigenvalue weighted by Gasteiger charge is -2.28. The van der Waals surface area contributed by atoms with Gasteiger partial charge in [0, 0.05) is 17.5 Å². The third kappa shape index (κ3) is 3.10. The Morgan fingerprint density at radius 1 is 1.35 bits per heavy atom. The molecule has 0 bridgehead atoms. The molecule has 1 saturated carbocycles. The van der Waals surface area contributed by atoms with Crippen LogP contribution in [0.3, 0.4) is 0 Å². The minimum Gasteiger partial charge on any atom is -0.316 e. The van der Waals surface area contributed by atoms with Crippen LogP contribution >= 0.6 is 11.3 Å². The molecular formula is C15H20N2O2S. The lowest BCUT2D eigenvalue weighted by molar-refractivity contribution is -0.148. The summed E-state index contributed by atoms with van der Waals surface area (Å²) < 4.78 is 0. The van der Waals surface area contributed by atoms with Gasteiger partial charge in [-0.1, -0.05) is 6.07 Å². The van der Waals surface area contributed by atoms with Crippen molar-refractivity contribution in [3.8, 4) is 0 Å². The smallest absolute Gasteiger partial charge is 0.234 e. The first-order chi connectivity index (χ1) is 9.75. The Kier molecular flexibility index (Phi) is 4.17. The molecule has 5 heteroatoms. The Morgan fingerprint density at radius 3 is 2.80 bits per heavy atom. The van der Waals surface area contributed by atoms with E-state index in [1.165, 1.54) is 0 Å². The highest BCUT2D eigenvalue weighted by Crippen LogP contribution is 2.30. The molecule has 0 spiro atoms. The zero-order valence-electron chi connectivity index (χ0n) is 11.5. The first-order valence-corrected chi connectivity index (χ1v) is 8.22. The van der Waals surface area contributed by atoms with Crippen LogP contribution in [0, 0.1) is 5.92 Å². The third-order valence-electron chi connectivity index (χ3n) is 3.97. The van der Waals surface area contributed by atoms with Crippen LogP contribution in [0.25, 0.3) is 0 Å². The summed E-state index contributed by atoms with van der Waals surface area (Å²) in [6.45, 7) is 1.70. The average Bonchev–Trinajstić information content (AvgIpc) is 3.16. The number of nitrogens with one attached hydrogen (secondary N) is 1. The van der Waals surface area contributed by atoms with Crippen molar-refractivity contribution in [3.63, 3.8) is 0 Å². The lowest BCUT2D eigenvalue weighted by Crippen LogP contribution is -2.47. The Labute approximate surface area is 123 Å². The molecule has 1 aliphatic carbocycles. The zero-order valence-corrected chi connectivity index (χ0v) is 12.3.